The van der Waals surface area contributed by atoms with Crippen LogP contribution >= 0.6 is 0 Å². The maximum atomic E-state index is 9.98. The van der Waals surface area contributed by atoms with E-state index in [0.29, 0.717) is 23.9 Å². The Hall–Kier alpha value is -0.560. The Morgan fingerprint density at radius 2 is 2.05 bits per heavy atom. The highest BCUT2D eigenvalue weighted by atomic mass is 16.3. The Morgan fingerprint density at radius 3 is 2.71 bits per heavy atom. The van der Waals surface area contributed by atoms with Crippen molar-refractivity contribution in [2.24, 2.45) is 28.6 Å². The molecule has 1 saturated carbocycles. The normalized spacial score (nSPS) is 43.0. The van der Waals surface area contributed by atoms with Crippen LogP contribution in [0.1, 0.15) is 66.2 Å². The van der Waals surface area contributed by atoms with E-state index < -0.39 is 0 Å². The topological polar surface area (TPSA) is 20.2 Å². The van der Waals surface area contributed by atoms with Crippen LogP contribution in [0.3, 0.4) is 0 Å². The largest absolute Gasteiger partial charge is 0.396 e. The van der Waals surface area contributed by atoms with Crippen molar-refractivity contribution in [3.63, 3.8) is 0 Å². The van der Waals surface area contributed by atoms with Crippen molar-refractivity contribution in [1.82, 2.24) is 0 Å². The maximum Gasteiger partial charge on any atom is 0.0487 e. The van der Waals surface area contributed by atoms with E-state index in [0.717, 1.165) is 5.92 Å². The third kappa shape index (κ3) is 2.32. The maximum absolute atomic E-state index is 9.98. The molecule has 1 fully saturated rings. The molecular weight excluding hydrogens is 256 g/mol. The molecular formula is C20H32O. The standard InChI is InChI=1S/C20H32O/c1-14(2)15-6-8-17-16(12-15)7-9-18-19(3,13-21)10-5-11-20(17,18)4/h7,12,14,17-18,21H,5-6,8-11,13H2,1-4H3/t17-,18?,19-,20-/m1/s1. The monoisotopic (exact) mass is 288 g/mol. The van der Waals surface area contributed by atoms with Gasteiger partial charge in [-0.15, -0.1) is 0 Å². The molecule has 3 rings (SSSR count). The summed E-state index contributed by atoms with van der Waals surface area (Å²) in [4.78, 5) is 0. The molecule has 0 aliphatic heterocycles. The van der Waals surface area contributed by atoms with E-state index in [1.807, 2.05) is 0 Å². The Kier molecular flexibility index (Phi) is 3.84. The highest BCUT2D eigenvalue weighted by molar-refractivity contribution is 5.35. The molecule has 1 unspecified atom stereocenters. The molecule has 1 nitrogen and oxygen atoms in total. The predicted molar refractivity (Wildman–Crippen MR) is 89.0 cm³/mol. The third-order valence-electron chi connectivity index (χ3n) is 7.06. The predicted octanol–water partition coefficient (Wildman–Crippen LogP) is 5.11. The molecule has 0 heterocycles. The number of aliphatic hydroxyl groups is 1. The number of hydrogen-bond donors (Lipinski definition) is 1. The van der Waals surface area contributed by atoms with Gasteiger partial charge in [-0.3, -0.25) is 0 Å². The molecule has 1 heteroatoms. The lowest BCUT2D eigenvalue weighted by molar-refractivity contribution is -0.0737. The second kappa shape index (κ2) is 5.26. The molecule has 21 heavy (non-hydrogen) atoms. The molecule has 3 aliphatic rings. The van der Waals surface area contributed by atoms with Crippen molar-refractivity contribution < 1.29 is 5.11 Å². The van der Waals surface area contributed by atoms with Crippen LogP contribution in [0.2, 0.25) is 0 Å². The first kappa shape index (κ1) is 15.3. The molecule has 118 valence electrons. The lowest BCUT2D eigenvalue weighted by Gasteiger charge is -2.58. The van der Waals surface area contributed by atoms with Gasteiger partial charge in [-0.05, 0) is 66.3 Å². The van der Waals surface area contributed by atoms with E-state index in [1.165, 1.54) is 38.5 Å². The van der Waals surface area contributed by atoms with E-state index in [1.54, 1.807) is 11.1 Å². The van der Waals surface area contributed by atoms with E-state index in [2.05, 4.69) is 39.8 Å². The number of allylic oxidation sites excluding steroid dienone is 4. The van der Waals surface area contributed by atoms with Gasteiger partial charge in [0.25, 0.3) is 0 Å². The molecule has 0 bridgehead atoms. The minimum atomic E-state index is 0.136. The van der Waals surface area contributed by atoms with Crippen LogP contribution in [-0.2, 0) is 0 Å². The first-order valence-electron chi connectivity index (χ1n) is 8.92. The van der Waals surface area contributed by atoms with Crippen molar-refractivity contribution >= 4 is 0 Å². The highest BCUT2D eigenvalue weighted by Gasteiger charge is 2.53. The Bertz CT molecular complexity index is 472. The average molecular weight is 288 g/mol. The van der Waals surface area contributed by atoms with Crippen LogP contribution < -0.4 is 0 Å². The van der Waals surface area contributed by atoms with E-state index in [-0.39, 0.29) is 5.41 Å². The molecule has 0 aromatic heterocycles. The molecule has 0 amide bonds. The molecule has 0 spiro atoms. The van der Waals surface area contributed by atoms with Crippen molar-refractivity contribution in [2.45, 2.75) is 66.2 Å². The van der Waals surface area contributed by atoms with Crippen molar-refractivity contribution in [3.05, 3.63) is 23.3 Å². The van der Waals surface area contributed by atoms with Crippen LogP contribution in [0, 0.1) is 28.6 Å². The Morgan fingerprint density at radius 1 is 1.29 bits per heavy atom. The van der Waals surface area contributed by atoms with E-state index >= 15 is 0 Å². The lowest BCUT2D eigenvalue weighted by atomic mass is 9.47. The molecule has 3 aliphatic carbocycles. The van der Waals surface area contributed by atoms with Gasteiger partial charge in [0, 0.05) is 6.61 Å². The summed E-state index contributed by atoms with van der Waals surface area (Å²) in [6.45, 7) is 9.85. The van der Waals surface area contributed by atoms with Crippen LogP contribution in [0.4, 0.5) is 0 Å². The molecule has 0 aromatic rings. The summed E-state index contributed by atoms with van der Waals surface area (Å²) < 4.78 is 0. The van der Waals surface area contributed by atoms with Gasteiger partial charge in [0.2, 0.25) is 0 Å². The van der Waals surface area contributed by atoms with Gasteiger partial charge in [-0.2, -0.15) is 0 Å². The molecule has 1 N–H and O–H groups in total. The third-order valence-corrected chi connectivity index (χ3v) is 7.06. The summed E-state index contributed by atoms with van der Waals surface area (Å²) in [5.74, 6) is 2.07. The minimum absolute atomic E-state index is 0.136. The second-order valence-corrected chi connectivity index (χ2v) is 8.63. The number of rotatable bonds is 2. The molecule has 4 atom stereocenters. The molecule has 0 saturated heterocycles. The number of fused-ring (bicyclic) bond motifs is 3. The molecule has 0 aromatic carbocycles. The quantitative estimate of drug-likeness (QED) is 0.748. The average Bonchev–Trinajstić information content (AvgIpc) is 2.46. The zero-order valence-corrected chi connectivity index (χ0v) is 14.3. The zero-order chi connectivity index (χ0) is 15.3. The van der Waals surface area contributed by atoms with E-state index in [4.69, 9.17) is 0 Å². The van der Waals surface area contributed by atoms with Gasteiger partial charge in [0.05, 0.1) is 0 Å². The Labute approximate surface area is 130 Å². The SMILES string of the molecule is CC(C)C1=CC2=CCC3[C@@](C)(CO)CCC[C@]3(C)[C@@H]2CC1. The number of aliphatic hydroxyl groups excluding tert-OH is 1. The smallest absolute Gasteiger partial charge is 0.0487 e. The van der Waals surface area contributed by atoms with Crippen molar-refractivity contribution in [2.75, 3.05) is 6.61 Å². The summed E-state index contributed by atoms with van der Waals surface area (Å²) in [6, 6.07) is 0. The first-order chi connectivity index (χ1) is 9.90. The fraction of sp³-hybridized carbons (Fsp3) is 0.800. The van der Waals surface area contributed by atoms with Gasteiger partial charge in [0.1, 0.15) is 0 Å². The summed E-state index contributed by atoms with van der Waals surface area (Å²) >= 11 is 0. The fourth-order valence-corrected chi connectivity index (χ4v) is 5.66. The van der Waals surface area contributed by atoms with Crippen LogP contribution in [0.5, 0.6) is 0 Å². The summed E-state index contributed by atoms with van der Waals surface area (Å²) in [5, 5.41) is 9.98. The van der Waals surface area contributed by atoms with Crippen LogP contribution in [0.15, 0.2) is 23.3 Å². The van der Waals surface area contributed by atoms with Gasteiger partial charge in [-0.1, -0.05) is 51.8 Å². The van der Waals surface area contributed by atoms with Crippen molar-refractivity contribution in [3.8, 4) is 0 Å². The second-order valence-electron chi connectivity index (χ2n) is 8.63. The number of hydrogen-bond acceptors (Lipinski definition) is 1. The summed E-state index contributed by atoms with van der Waals surface area (Å²) in [6.07, 6.45) is 12.6. The first-order valence-corrected chi connectivity index (χ1v) is 8.92. The van der Waals surface area contributed by atoms with Gasteiger partial charge >= 0.3 is 0 Å². The molecule has 0 radical (unpaired) electrons. The van der Waals surface area contributed by atoms with Crippen molar-refractivity contribution in [1.29, 1.82) is 0 Å². The van der Waals surface area contributed by atoms with Gasteiger partial charge < -0.3 is 5.11 Å². The van der Waals surface area contributed by atoms with Gasteiger partial charge in [0.15, 0.2) is 0 Å². The van der Waals surface area contributed by atoms with Gasteiger partial charge in [-0.25, -0.2) is 0 Å². The highest BCUT2D eigenvalue weighted by Crippen LogP contribution is 2.61. The summed E-state index contributed by atoms with van der Waals surface area (Å²) in [7, 11) is 0. The van der Waals surface area contributed by atoms with Crippen LogP contribution in [-0.4, -0.2) is 11.7 Å². The fourth-order valence-electron chi connectivity index (χ4n) is 5.66. The Balaban J connectivity index is 1.97. The van der Waals surface area contributed by atoms with E-state index in [9.17, 15) is 5.11 Å². The summed E-state index contributed by atoms with van der Waals surface area (Å²) in [5.41, 5.74) is 3.79. The van der Waals surface area contributed by atoms with Crippen LogP contribution in [0.25, 0.3) is 0 Å². The minimum Gasteiger partial charge on any atom is -0.396 e. The zero-order valence-electron chi connectivity index (χ0n) is 14.3. The lowest BCUT2D eigenvalue weighted by Crippen LogP contribution is -2.51.